The molecule has 1 atom stereocenters. The lowest BCUT2D eigenvalue weighted by Gasteiger charge is -2.31. The third-order valence-corrected chi connectivity index (χ3v) is 5.93. The monoisotopic (exact) mass is 423 g/mol. The number of hydrogen-bond acceptors (Lipinski definition) is 2. The number of nitrogens with one attached hydrogen (secondary N) is 1. The van der Waals surface area contributed by atoms with E-state index in [0.717, 1.165) is 39.5 Å². The molecule has 32 heavy (non-hydrogen) atoms. The summed E-state index contributed by atoms with van der Waals surface area (Å²) in [5.41, 5.74) is 6.15. The Hall–Kier alpha value is -3.99. The minimum atomic E-state index is -0.256. The lowest BCUT2D eigenvalue weighted by atomic mass is 10.0. The molecule has 0 fully saturated rings. The molecule has 0 aliphatic carbocycles. The molecule has 0 radical (unpaired) electrons. The van der Waals surface area contributed by atoms with Gasteiger partial charge in [-0.05, 0) is 66.1 Å². The topological polar surface area (TPSA) is 46.5 Å². The van der Waals surface area contributed by atoms with Crippen molar-refractivity contribution >= 4 is 11.7 Å². The normalized spacial score (nSPS) is 14.8. The van der Waals surface area contributed by atoms with E-state index in [1.54, 1.807) is 7.11 Å². The summed E-state index contributed by atoms with van der Waals surface area (Å²) >= 11 is 0. The number of hydrogen-bond donors (Lipinski definition) is 1. The first kappa shape index (κ1) is 19.9. The summed E-state index contributed by atoms with van der Waals surface area (Å²) < 4.78 is 7.54. The number of aryl methyl sites for hydroxylation is 1. The van der Waals surface area contributed by atoms with Crippen LogP contribution in [0.4, 0.5) is 10.5 Å². The van der Waals surface area contributed by atoms with Crippen LogP contribution in [0, 0.1) is 6.92 Å². The van der Waals surface area contributed by atoms with Gasteiger partial charge in [-0.15, -0.1) is 0 Å². The highest BCUT2D eigenvalue weighted by molar-refractivity contribution is 5.90. The van der Waals surface area contributed by atoms with E-state index in [1.807, 2.05) is 78.6 Å². The first-order chi connectivity index (χ1) is 15.6. The maximum absolute atomic E-state index is 13.7. The predicted molar refractivity (Wildman–Crippen MR) is 126 cm³/mol. The lowest BCUT2D eigenvalue weighted by molar-refractivity contribution is 0.194. The van der Waals surface area contributed by atoms with Gasteiger partial charge < -0.3 is 19.5 Å². The van der Waals surface area contributed by atoms with Gasteiger partial charge in [0.05, 0.1) is 25.4 Å². The van der Waals surface area contributed by atoms with Gasteiger partial charge in [-0.2, -0.15) is 0 Å². The Kier molecular flexibility index (Phi) is 5.15. The van der Waals surface area contributed by atoms with Gasteiger partial charge in [0.25, 0.3) is 0 Å². The van der Waals surface area contributed by atoms with Crippen LogP contribution < -0.4 is 10.1 Å². The summed E-state index contributed by atoms with van der Waals surface area (Å²) in [6.45, 7) is 2.51. The molecule has 1 aliphatic rings. The molecule has 1 aromatic heterocycles. The molecule has 5 rings (SSSR count). The van der Waals surface area contributed by atoms with Crippen molar-refractivity contribution < 1.29 is 9.53 Å². The zero-order valence-electron chi connectivity index (χ0n) is 18.2. The molecule has 0 unspecified atom stereocenters. The Labute approximate surface area is 187 Å². The van der Waals surface area contributed by atoms with E-state index >= 15 is 0 Å². The fraction of sp³-hybridized carbons (Fsp3) is 0.148. The van der Waals surface area contributed by atoms with E-state index in [-0.39, 0.29) is 12.1 Å². The van der Waals surface area contributed by atoms with Crippen molar-refractivity contribution in [1.29, 1.82) is 0 Å². The van der Waals surface area contributed by atoms with Gasteiger partial charge >= 0.3 is 6.03 Å². The fourth-order valence-corrected chi connectivity index (χ4v) is 4.39. The first-order valence-corrected chi connectivity index (χ1v) is 10.7. The fourth-order valence-electron chi connectivity index (χ4n) is 4.39. The van der Waals surface area contributed by atoms with E-state index in [9.17, 15) is 4.79 Å². The van der Waals surface area contributed by atoms with Gasteiger partial charge in [-0.1, -0.05) is 42.5 Å². The van der Waals surface area contributed by atoms with Crippen LogP contribution in [0.15, 0.2) is 91.1 Å². The third-order valence-electron chi connectivity index (χ3n) is 5.93. The van der Waals surface area contributed by atoms with E-state index in [4.69, 9.17) is 4.74 Å². The predicted octanol–water partition coefficient (Wildman–Crippen LogP) is 5.93. The Morgan fingerprint density at radius 2 is 1.78 bits per heavy atom. The summed E-state index contributed by atoms with van der Waals surface area (Å²) in [6.07, 6.45) is 2.06. The highest BCUT2D eigenvalue weighted by Gasteiger charge is 2.33. The Balaban J connectivity index is 1.62. The summed E-state index contributed by atoms with van der Waals surface area (Å²) in [7, 11) is 1.66. The average molecular weight is 424 g/mol. The molecule has 2 heterocycles. The van der Waals surface area contributed by atoms with Crippen molar-refractivity contribution in [2.45, 2.75) is 19.5 Å². The summed E-state index contributed by atoms with van der Waals surface area (Å²) in [5, 5.41) is 3.11. The molecule has 0 bridgehead atoms. The number of anilines is 1. The number of aromatic nitrogens is 1. The van der Waals surface area contributed by atoms with Crippen molar-refractivity contribution in [2.24, 2.45) is 0 Å². The van der Waals surface area contributed by atoms with Crippen LogP contribution in [-0.4, -0.2) is 22.6 Å². The van der Waals surface area contributed by atoms with Crippen LogP contribution in [0.5, 0.6) is 5.75 Å². The Morgan fingerprint density at radius 3 is 2.56 bits per heavy atom. The molecule has 1 N–H and O–H groups in total. The second-order valence-corrected chi connectivity index (χ2v) is 8.03. The van der Waals surface area contributed by atoms with Crippen LogP contribution in [0.2, 0.25) is 0 Å². The minimum absolute atomic E-state index is 0.138. The number of ether oxygens (including phenoxy) is 1. The largest absolute Gasteiger partial charge is 0.497 e. The second-order valence-electron chi connectivity index (χ2n) is 8.03. The second kappa shape index (κ2) is 8.27. The number of methoxy groups -OCH3 is 1. The molecule has 160 valence electrons. The zero-order valence-corrected chi connectivity index (χ0v) is 18.2. The molecular formula is C27H25N3O2. The maximum atomic E-state index is 13.7. The van der Waals surface area contributed by atoms with Crippen molar-refractivity contribution in [3.8, 4) is 11.4 Å². The number of carbonyl (C=O) groups excluding carboxylic acids is 1. The van der Waals surface area contributed by atoms with Gasteiger partial charge in [0, 0.05) is 17.6 Å². The molecule has 5 heteroatoms. The average Bonchev–Trinajstić information content (AvgIpc) is 3.23. The number of fused-ring (bicyclic) bond motifs is 3. The number of nitrogens with zero attached hydrogens (tertiary/aromatic N) is 2. The van der Waals surface area contributed by atoms with Crippen LogP contribution in [0.25, 0.3) is 5.69 Å². The molecule has 0 spiro atoms. The Morgan fingerprint density at radius 1 is 0.969 bits per heavy atom. The molecule has 3 aromatic carbocycles. The van der Waals surface area contributed by atoms with E-state index < -0.39 is 0 Å². The number of amides is 2. The lowest BCUT2D eigenvalue weighted by Crippen LogP contribution is -2.37. The van der Waals surface area contributed by atoms with Crippen molar-refractivity contribution in [1.82, 2.24) is 9.47 Å². The summed E-state index contributed by atoms with van der Waals surface area (Å²) in [4.78, 5) is 15.6. The standard InChI is InChI=1S/C27H25N3O2/c1-19-7-5-9-22(17-19)28-27(31)30-18-21-8-3-4-10-24(21)29-16-6-11-25(29)26(30)20-12-14-23(32-2)15-13-20/h3-17,26H,18H2,1-2H3,(H,28,31)/t26-/m1/s1. The van der Waals surface area contributed by atoms with Gasteiger partial charge in [0.1, 0.15) is 5.75 Å². The maximum Gasteiger partial charge on any atom is 0.322 e. The SMILES string of the molecule is COc1ccc([C@@H]2c3cccn3-c3ccccc3CN2C(=O)Nc2cccc(C)c2)cc1. The van der Waals surface area contributed by atoms with Crippen LogP contribution in [0.1, 0.15) is 28.4 Å². The van der Waals surface area contributed by atoms with E-state index in [2.05, 4.69) is 34.3 Å². The zero-order chi connectivity index (χ0) is 22.1. The number of urea groups is 1. The van der Waals surface area contributed by atoms with E-state index in [1.165, 1.54) is 0 Å². The highest BCUT2D eigenvalue weighted by Crippen LogP contribution is 2.37. The summed E-state index contributed by atoms with van der Waals surface area (Å²) in [6, 6.07) is 27.8. The van der Waals surface area contributed by atoms with Gasteiger partial charge in [-0.3, -0.25) is 0 Å². The number of rotatable bonds is 3. The molecule has 1 aliphatic heterocycles. The van der Waals surface area contributed by atoms with E-state index in [0.29, 0.717) is 6.54 Å². The van der Waals surface area contributed by atoms with Crippen molar-refractivity contribution in [2.75, 3.05) is 12.4 Å². The first-order valence-electron chi connectivity index (χ1n) is 10.7. The van der Waals surface area contributed by atoms with Gasteiger partial charge in [-0.25, -0.2) is 4.79 Å². The van der Waals surface area contributed by atoms with Crippen LogP contribution in [0.3, 0.4) is 0 Å². The molecule has 0 saturated carbocycles. The minimum Gasteiger partial charge on any atom is -0.497 e. The van der Waals surface area contributed by atoms with Crippen LogP contribution >= 0.6 is 0 Å². The molecule has 2 amide bonds. The van der Waals surface area contributed by atoms with Crippen LogP contribution in [-0.2, 0) is 6.54 Å². The molecular weight excluding hydrogens is 398 g/mol. The number of benzene rings is 3. The smallest absolute Gasteiger partial charge is 0.322 e. The van der Waals surface area contributed by atoms with Gasteiger partial charge in [0.2, 0.25) is 0 Å². The quantitative estimate of drug-likeness (QED) is 0.444. The highest BCUT2D eigenvalue weighted by atomic mass is 16.5. The molecule has 4 aromatic rings. The summed E-state index contributed by atoms with van der Waals surface area (Å²) in [5.74, 6) is 0.789. The number of carbonyl (C=O) groups is 1. The Bertz CT molecular complexity index is 1260. The number of para-hydroxylation sites is 1. The van der Waals surface area contributed by atoms with Crippen molar-refractivity contribution in [3.05, 3.63) is 114 Å². The van der Waals surface area contributed by atoms with Gasteiger partial charge in [0.15, 0.2) is 0 Å². The van der Waals surface area contributed by atoms with Crippen molar-refractivity contribution in [3.63, 3.8) is 0 Å². The molecule has 0 saturated heterocycles. The third kappa shape index (κ3) is 3.62. The molecule has 5 nitrogen and oxygen atoms in total.